The van der Waals surface area contributed by atoms with Gasteiger partial charge in [0.25, 0.3) is 0 Å². The Hall–Kier alpha value is -1.24. The molecule has 0 bridgehead atoms. The summed E-state index contributed by atoms with van der Waals surface area (Å²) in [4.78, 5) is 0. The summed E-state index contributed by atoms with van der Waals surface area (Å²) in [5, 5.41) is 0. The fourth-order valence-corrected chi connectivity index (χ4v) is 1.74. The molecule has 2 aliphatic carbocycles. The van der Waals surface area contributed by atoms with Crippen molar-refractivity contribution in [3.63, 3.8) is 0 Å². The Morgan fingerprint density at radius 3 is 3.18 bits per heavy atom. The normalized spacial score (nSPS) is 36.4. The molecule has 0 aromatic carbocycles. The van der Waals surface area contributed by atoms with Crippen LogP contribution in [-0.4, -0.2) is 5.60 Å². The highest BCUT2D eigenvalue weighted by molar-refractivity contribution is 5.57. The fourth-order valence-electron chi connectivity index (χ4n) is 1.74. The van der Waals surface area contributed by atoms with E-state index in [1.807, 2.05) is 6.08 Å². The standard InChI is InChI=1S/C10H8O/c1-2-7-10-8(4-1)5-3-6-9(10)11-10/h1-2,4-7H,3H2. The van der Waals surface area contributed by atoms with Crippen LogP contribution in [0.2, 0.25) is 0 Å². The third kappa shape index (κ3) is 0.519. The molecule has 1 nitrogen and oxygen atoms in total. The minimum Gasteiger partial charge on any atom is -0.470 e. The predicted molar refractivity (Wildman–Crippen MR) is 42.9 cm³/mol. The number of epoxide rings is 1. The molecule has 0 radical (unpaired) electrons. The molecule has 0 aromatic heterocycles. The molecule has 1 aliphatic heterocycles. The van der Waals surface area contributed by atoms with Crippen molar-refractivity contribution < 1.29 is 4.74 Å². The van der Waals surface area contributed by atoms with Gasteiger partial charge in [0.2, 0.25) is 5.60 Å². The second-order valence-electron chi connectivity index (χ2n) is 3.02. The smallest absolute Gasteiger partial charge is 0.208 e. The molecule has 3 rings (SSSR count). The minimum absolute atomic E-state index is 0.104. The second-order valence-corrected chi connectivity index (χ2v) is 3.02. The lowest BCUT2D eigenvalue weighted by Crippen LogP contribution is -2.12. The van der Waals surface area contributed by atoms with Gasteiger partial charge in [-0.25, -0.2) is 0 Å². The van der Waals surface area contributed by atoms with E-state index < -0.39 is 0 Å². The maximum absolute atomic E-state index is 5.52. The summed E-state index contributed by atoms with van der Waals surface area (Å²) in [5.74, 6) is 1.13. The zero-order chi connectivity index (χ0) is 7.31. The van der Waals surface area contributed by atoms with Gasteiger partial charge in [0, 0.05) is 5.57 Å². The van der Waals surface area contributed by atoms with Gasteiger partial charge in [-0.1, -0.05) is 24.3 Å². The van der Waals surface area contributed by atoms with E-state index in [2.05, 4.69) is 30.4 Å². The summed E-state index contributed by atoms with van der Waals surface area (Å²) in [7, 11) is 0. The van der Waals surface area contributed by atoms with Crippen molar-refractivity contribution in [1.29, 1.82) is 0 Å². The highest BCUT2D eigenvalue weighted by Gasteiger charge is 2.54. The van der Waals surface area contributed by atoms with E-state index in [-0.39, 0.29) is 5.60 Å². The van der Waals surface area contributed by atoms with Crippen molar-refractivity contribution in [2.45, 2.75) is 12.0 Å². The molecule has 0 amide bonds. The molecule has 11 heavy (non-hydrogen) atoms. The molecule has 0 aromatic rings. The lowest BCUT2D eigenvalue weighted by atomic mass is 9.89. The third-order valence-electron chi connectivity index (χ3n) is 2.38. The molecular weight excluding hydrogens is 136 g/mol. The van der Waals surface area contributed by atoms with E-state index in [0.717, 1.165) is 12.2 Å². The molecule has 1 fully saturated rings. The van der Waals surface area contributed by atoms with Crippen LogP contribution in [0.3, 0.4) is 0 Å². The van der Waals surface area contributed by atoms with E-state index in [9.17, 15) is 0 Å². The number of ether oxygens (including phenoxy) is 1. The Labute approximate surface area is 65.4 Å². The van der Waals surface area contributed by atoms with Gasteiger partial charge in [-0.15, -0.1) is 0 Å². The van der Waals surface area contributed by atoms with Crippen molar-refractivity contribution in [3.8, 4) is 0 Å². The van der Waals surface area contributed by atoms with Gasteiger partial charge in [0.1, 0.15) is 5.76 Å². The topological polar surface area (TPSA) is 12.5 Å². The first-order valence-corrected chi connectivity index (χ1v) is 3.88. The molecule has 1 saturated heterocycles. The highest BCUT2D eigenvalue weighted by atomic mass is 16.6. The van der Waals surface area contributed by atoms with E-state index >= 15 is 0 Å². The van der Waals surface area contributed by atoms with E-state index in [4.69, 9.17) is 4.74 Å². The van der Waals surface area contributed by atoms with Crippen LogP contribution in [0.5, 0.6) is 0 Å². The Kier molecular flexibility index (Phi) is 0.738. The molecule has 1 heterocycles. The first-order valence-electron chi connectivity index (χ1n) is 3.88. The zero-order valence-electron chi connectivity index (χ0n) is 6.08. The molecular formula is C10H8O. The lowest BCUT2D eigenvalue weighted by Gasteiger charge is -2.10. The van der Waals surface area contributed by atoms with Gasteiger partial charge >= 0.3 is 0 Å². The summed E-state index contributed by atoms with van der Waals surface area (Å²) in [5.41, 5.74) is 1.20. The molecule has 54 valence electrons. The molecule has 0 N–H and O–H groups in total. The SMILES string of the molecule is C1=CC2=CCC=C3OC23C=C1. The van der Waals surface area contributed by atoms with Gasteiger partial charge < -0.3 is 4.74 Å². The van der Waals surface area contributed by atoms with Gasteiger partial charge in [-0.3, -0.25) is 0 Å². The number of hydrogen-bond donors (Lipinski definition) is 0. The number of allylic oxidation sites excluding steroid dienone is 4. The molecule has 1 unspecified atom stereocenters. The Balaban J connectivity index is 2.18. The van der Waals surface area contributed by atoms with E-state index in [1.54, 1.807) is 0 Å². The molecule has 0 saturated carbocycles. The molecule has 1 spiro atoms. The van der Waals surface area contributed by atoms with E-state index in [0.29, 0.717) is 0 Å². The van der Waals surface area contributed by atoms with Crippen LogP contribution in [0, 0.1) is 0 Å². The van der Waals surface area contributed by atoms with Crippen molar-refractivity contribution in [2.24, 2.45) is 0 Å². The van der Waals surface area contributed by atoms with Crippen LogP contribution >= 0.6 is 0 Å². The van der Waals surface area contributed by atoms with Crippen molar-refractivity contribution in [3.05, 3.63) is 47.8 Å². The largest absolute Gasteiger partial charge is 0.470 e. The summed E-state index contributed by atoms with van der Waals surface area (Å²) in [6.45, 7) is 0. The average molecular weight is 144 g/mol. The van der Waals surface area contributed by atoms with Gasteiger partial charge in [0.15, 0.2) is 0 Å². The summed E-state index contributed by atoms with van der Waals surface area (Å²) >= 11 is 0. The zero-order valence-corrected chi connectivity index (χ0v) is 6.08. The second kappa shape index (κ2) is 1.50. The van der Waals surface area contributed by atoms with Crippen molar-refractivity contribution in [2.75, 3.05) is 0 Å². The highest BCUT2D eigenvalue weighted by Crippen LogP contribution is 2.52. The van der Waals surface area contributed by atoms with E-state index in [1.165, 1.54) is 5.57 Å². The molecule has 1 atom stereocenters. The molecule has 3 aliphatic rings. The van der Waals surface area contributed by atoms with Crippen LogP contribution in [0.1, 0.15) is 6.42 Å². The first-order chi connectivity index (χ1) is 5.42. The van der Waals surface area contributed by atoms with Gasteiger partial charge in [-0.05, 0) is 18.6 Å². The van der Waals surface area contributed by atoms with Crippen LogP contribution in [-0.2, 0) is 4.74 Å². The maximum Gasteiger partial charge on any atom is 0.208 e. The third-order valence-corrected chi connectivity index (χ3v) is 2.38. The minimum atomic E-state index is -0.104. The van der Waals surface area contributed by atoms with Crippen LogP contribution in [0.4, 0.5) is 0 Å². The van der Waals surface area contributed by atoms with Crippen molar-refractivity contribution in [1.82, 2.24) is 0 Å². The fraction of sp³-hybridized carbons (Fsp3) is 0.200. The Bertz CT molecular complexity index is 331. The van der Waals surface area contributed by atoms with Gasteiger partial charge in [-0.2, -0.15) is 0 Å². The Morgan fingerprint density at radius 1 is 1.27 bits per heavy atom. The molecule has 1 heteroatoms. The number of rotatable bonds is 0. The summed E-state index contributed by atoms with van der Waals surface area (Å²) < 4.78 is 5.52. The van der Waals surface area contributed by atoms with Gasteiger partial charge in [0.05, 0.1) is 0 Å². The monoisotopic (exact) mass is 144 g/mol. The first kappa shape index (κ1) is 5.42. The lowest BCUT2D eigenvalue weighted by molar-refractivity contribution is 0.401. The quantitative estimate of drug-likeness (QED) is 0.474. The summed E-state index contributed by atoms with van der Waals surface area (Å²) in [6.07, 6.45) is 13.7. The van der Waals surface area contributed by atoms with Crippen LogP contribution in [0.25, 0.3) is 0 Å². The number of hydrogen-bond acceptors (Lipinski definition) is 1. The average Bonchev–Trinajstić information content (AvgIpc) is 2.75. The van der Waals surface area contributed by atoms with Crippen LogP contribution < -0.4 is 0 Å². The maximum atomic E-state index is 5.52. The van der Waals surface area contributed by atoms with Crippen molar-refractivity contribution >= 4 is 0 Å². The van der Waals surface area contributed by atoms with Crippen LogP contribution in [0.15, 0.2) is 47.8 Å². The Morgan fingerprint density at radius 2 is 2.27 bits per heavy atom. The predicted octanol–water partition coefficient (Wildman–Crippen LogP) is 2.10. The summed E-state index contributed by atoms with van der Waals surface area (Å²) in [6, 6.07) is 0.